The van der Waals surface area contributed by atoms with Gasteiger partial charge < -0.3 is 15.0 Å². The van der Waals surface area contributed by atoms with E-state index in [0.29, 0.717) is 19.0 Å². The molecule has 2 unspecified atom stereocenters. The van der Waals surface area contributed by atoms with Crippen molar-refractivity contribution >= 4 is 17.6 Å². The molecule has 0 aromatic carbocycles. The highest BCUT2D eigenvalue weighted by Crippen LogP contribution is 2.24. The average Bonchev–Trinajstić information content (AvgIpc) is 3.15. The Morgan fingerprint density at radius 3 is 2.95 bits per heavy atom. The summed E-state index contributed by atoms with van der Waals surface area (Å²) in [5.74, 6) is 0.521. The molecule has 0 aliphatic carbocycles. The fourth-order valence-electron chi connectivity index (χ4n) is 3.09. The molecule has 1 aromatic rings. The van der Waals surface area contributed by atoms with E-state index in [1.807, 2.05) is 15.8 Å². The number of amides is 2. The zero-order valence-corrected chi connectivity index (χ0v) is 12.8. The van der Waals surface area contributed by atoms with Gasteiger partial charge in [-0.25, -0.2) is 0 Å². The van der Waals surface area contributed by atoms with E-state index in [9.17, 15) is 9.59 Å². The van der Waals surface area contributed by atoms with Gasteiger partial charge in [-0.05, 0) is 25.7 Å². The van der Waals surface area contributed by atoms with E-state index in [1.54, 1.807) is 6.07 Å². The van der Waals surface area contributed by atoms with E-state index in [0.717, 1.165) is 32.2 Å². The molecule has 3 rings (SSSR count). The van der Waals surface area contributed by atoms with Gasteiger partial charge in [0.25, 0.3) is 5.91 Å². The third-order valence-corrected chi connectivity index (χ3v) is 4.22. The zero-order valence-electron chi connectivity index (χ0n) is 12.8. The molecule has 7 heteroatoms. The summed E-state index contributed by atoms with van der Waals surface area (Å²) in [5, 5.41) is 7.02. The molecule has 1 N–H and O–H groups in total. The molecule has 2 aliphatic heterocycles. The number of aromatic nitrogens is 2. The molecule has 2 fully saturated rings. The van der Waals surface area contributed by atoms with Crippen LogP contribution in [0.25, 0.3) is 0 Å². The third kappa shape index (κ3) is 3.30. The van der Waals surface area contributed by atoms with E-state index >= 15 is 0 Å². The first-order valence-electron chi connectivity index (χ1n) is 7.86. The largest absolute Gasteiger partial charge is 0.368 e. The quantitative estimate of drug-likeness (QED) is 0.910. The Balaban J connectivity index is 1.58. The van der Waals surface area contributed by atoms with Gasteiger partial charge in [0.05, 0.1) is 6.04 Å². The van der Waals surface area contributed by atoms with E-state index < -0.39 is 0 Å². The van der Waals surface area contributed by atoms with Crippen LogP contribution in [0.2, 0.25) is 0 Å². The fraction of sp³-hybridized carbons (Fsp3) is 0.667. The normalized spacial score (nSPS) is 25.2. The van der Waals surface area contributed by atoms with Crippen LogP contribution >= 0.6 is 0 Å². The molecule has 0 bridgehead atoms. The second-order valence-corrected chi connectivity index (χ2v) is 5.94. The standard InChI is InChI=1S/C15H22N4O3/c1-11(20)16-14-6-8-19(17-14)12-5-7-18(10-12)15(21)13-4-2-3-9-22-13/h6,8,12-13H,2-5,7,9-10H2,1H3,(H,16,17,20). The Bertz CT molecular complexity index is 551. The predicted molar refractivity (Wildman–Crippen MR) is 80.4 cm³/mol. The first-order chi connectivity index (χ1) is 10.6. The van der Waals surface area contributed by atoms with Gasteiger partial charge in [-0.1, -0.05) is 0 Å². The van der Waals surface area contributed by atoms with Gasteiger partial charge in [0.1, 0.15) is 6.10 Å². The maximum absolute atomic E-state index is 12.4. The average molecular weight is 306 g/mol. The van der Waals surface area contributed by atoms with Crippen LogP contribution < -0.4 is 5.32 Å². The van der Waals surface area contributed by atoms with Crippen LogP contribution in [0.3, 0.4) is 0 Å². The number of nitrogens with one attached hydrogen (secondary N) is 1. The lowest BCUT2D eigenvalue weighted by molar-refractivity contribution is -0.145. The summed E-state index contributed by atoms with van der Waals surface area (Å²) in [4.78, 5) is 25.4. The molecular formula is C15H22N4O3. The second kappa shape index (κ2) is 6.48. The number of likely N-dealkylation sites (tertiary alicyclic amines) is 1. The number of carbonyl (C=O) groups is 2. The summed E-state index contributed by atoms with van der Waals surface area (Å²) in [7, 11) is 0. The Morgan fingerprint density at radius 2 is 2.23 bits per heavy atom. The Kier molecular flexibility index (Phi) is 4.42. The maximum atomic E-state index is 12.4. The van der Waals surface area contributed by atoms with Crippen LogP contribution in [-0.2, 0) is 14.3 Å². The van der Waals surface area contributed by atoms with Crippen molar-refractivity contribution in [2.45, 2.75) is 44.8 Å². The third-order valence-electron chi connectivity index (χ3n) is 4.22. The van der Waals surface area contributed by atoms with Crippen molar-refractivity contribution in [3.8, 4) is 0 Å². The molecule has 0 radical (unpaired) electrons. The highest BCUT2D eigenvalue weighted by Gasteiger charge is 2.33. The lowest BCUT2D eigenvalue weighted by atomic mass is 10.1. The second-order valence-electron chi connectivity index (χ2n) is 5.94. The Hall–Kier alpha value is -1.89. The molecule has 2 saturated heterocycles. The topological polar surface area (TPSA) is 76.5 Å². The molecule has 0 saturated carbocycles. The Labute approximate surface area is 129 Å². The van der Waals surface area contributed by atoms with Crippen LogP contribution in [0.5, 0.6) is 0 Å². The van der Waals surface area contributed by atoms with Crippen molar-refractivity contribution in [2.24, 2.45) is 0 Å². The van der Waals surface area contributed by atoms with Gasteiger partial charge in [0.2, 0.25) is 5.91 Å². The monoisotopic (exact) mass is 306 g/mol. The van der Waals surface area contributed by atoms with Crippen LogP contribution in [0, 0.1) is 0 Å². The number of rotatable bonds is 3. The van der Waals surface area contributed by atoms with Crippen molar-refractivity contribution in [1.29, 1.82) is 0 Å². The summed E-state index contributed by atoms with van der Waals surface area (Å²) in [6.45, 7) is 3.53. The lowest BCUT2D eigenvalue weighted by Gasteiger charge is -2.26. The number of hydrogen-bond acceptors (Lipinski definition) is 4. The molecule has 0 spiro atoms. The minimum Gasteiger partial charge on any atom is -0.368 e. The number of hydrogen-bond donors (Lipinski definition) is 1. The summed E-state index contributed by atoms with van der Waals surface area (Å²) < 4.78 is 7.41. The molecule has 1 aromatic heterocycles. The van der Waals surface area contributed by atoms with Gasteiger partial charge in [-0.15, -0.1) is 0 Å². The van der Waals surface area contributed by atoms with Gasteiger partial charge >= 0.3 is 0 Å². The molecule has 120 valence electrons. The first-order valence-corrected chi connectivity index (χ1v) is 7.86. The van der Waals surface area contributed by atoms with E-state index in [1.165, 1.54) is 6.92 Å². The van der Waals surface area contributed by atoms with Crippen LogP contribution in [0.1, 0.15) is 38.6 Å². The molecule has 2 atom stereocenters. The van der Waals surface area contributed by atoms with Gasteiger partial charge in [-0.3, -0.25) is 14.3 Å². The van der Waals surface area contributed by atoms with Crippen LogP contribution in [-0.4, -0.2) is 52.3 Å². The predicted octanol–water partition coefficient (Wildman–Crippen LogP) is 1.18. The van der Waals surface area contributed by atoms with Crippen molar-refractivity contribution in [3.63, 3.8) is 0 Å². The smallest absolute Gasteiger partial charge is 0.251 e. The molecule has 22 heavy (non-hydrogen) atoms. The minimum absolute atomic E-state index is 0.108. The minimum atomic E-state index is -0.264. The van der Waals surface area contributed by atoms with Crippen molar-refractivity contribution in [1.82, 2.24) is 14.7 Å². The van der Waals surface area contributed by atoms with E-state index in [-0.39, 0.29) is 24.0 Å². The highest BCUT2D eigenvalue weighted by molar-refractivity contribution is 5.87. The molecule has 2 amide bonds. The van der Waals surface area contributed by atoms with Crippen molar-refractivity contribution in [2.75, 3.05) is 25.0 Å². The first kappa shape index (κ1) is 15.0. The van der Waals surface area contributed by atoms with Gasteiger partial charge in [0.15, 0.2) is 5.82 Å². The molecule has 2 aliphatic rings. The van der Waals surface area contributed by atoms with Crippen LogP contribution in [0.4, 0.5) is 5.82 Å². The van der Waals surface area contributed by atoms with Gasteiger partial charge in [0, 0.05) is 38.9 Å². The van der Waals surface area contributed by atoms with E-state index in [2.05, 4.69) is 10.4 Å². The molecule has 7 nitrogen and oxygen atoms in total. The highest BCUT2D eigenvalue weighted by atomic mass is 16.5. The SMILES string of the molecule is CC(=O)Nc1ccn(C2CCN(C(=O)C3CCCCO3)C2)n1. The summed E-state index contributed by atoms with van der Waals surface area (Å²) in [6, 6.07) is 1.94. The van der Waals surface area contributed by atoms with E-state index in [4.69, 9.17) is 4.74 Å². The van der Waals surface area contributed by atoms with Gasteiger partial charge in [-0.2, -0.15) is 5.10 Å². The summed E-state index contributed by atoms with van der Waals surface area (Å²) in [6.07, 6.45) is 5.40. The van der Waals surface area contributed by atoms with Crippen LogP contribution in [0.15, 0.2) is 12.3 Å². The molecular weight excluding hydrogens is 284 g/mol. The number of nitrogens with zero attached hydrogens (tertiary/aromatic N) is 3. The lowest BCUT2D eigenvalue weighted by Crippen LogP contribution is -2.40. The molecule has 3 heterocycles. The summed E-state index contributed by atoms with van der Waals surface area (Å²) >= 11 is 0. The Morgan fingerprint density at radius 1 is 1.36 bits per heavy atom. The fourth-order valence-corrected chi connectivity index (χ4v) is 3.09. The summed E-state index contributed by atoms with van der Waals surface area (Å²) in [5.41, 5.74) is 0. The number of anilines is 1. The van der Waals surface area contributed by atoms with Crippen molar-refractivity contribution < 1.29 is 14.3 Å². The maximum Gasteiger partial charge on any atom is 0.251 e. The number of carbonyl (C=O) groups excluding carboxylic acids is 2. The number of ether oxygens (including phenoxy) is 1. The van der Waals surface area contributed by atoms with Crippen molar-refractivity contribution in [3.05, 3.63) is 12.3 Å². The zero-order chi connectivity index (χ0) is 15.5.